The predicted octanol–water partition coefficient (Wildman–Crippen LogP) is 0.779. The number of anilines is 1. The second-order valence-corrected chi connectivity index (χ2v) is 6.22. The van der Waals surface area contributed by atoms with Gasteiger partial charge in [0.2, 0.25) is 10.0 Å². The third kappa shape index (κ3) is 3.31. The average molecular weight is 332 g/mol. The summed E-state index contributed by atoms with van der Waals surface area (Å²) in [4.78, 5) is 25.7. The predicted molar refractivity (Wildman–Crippen MR) is 76.4 cm³/mol. The van der Waals surface area contributed by atoms with Gasteiger partial charge in [-0.1, -0.05) is 11.6 Å². The van der Waals surface area contributed by atoms with Gasteiger partial charge in [0.25, 0.3) is 5.91 Å². The lowest BCUT2D eigenvalue weighted by molar-refractivity contribution is -0.118. The zero-order chi connectivity index (χ0) is 15.6. The van der Waals surface area contributed by atoms with Gasteiger partial charge in [0.05, 0.1) is 12.8 Å². The summed E-state index contributed by atoms with van der Waals surface area (Å²) < 4.78 is 31.6. The second kappa shape index (κ2) is 5.70. The molecule has 1 aromatic carbocycles. The third-order valence-electron chi connectivity index (χ3n) is 2.56. The summed E-state index contributed by atoms with van der Waals surface area (Å²) in [7, 11) is -2.80. The lowest BCUT2D eigenvalue weighted by Crippen LogP contribution is -2.48. The van der Waals surface area contributed by atoms with E-state index in [1.165, 1.54) is 25.3 Å². The van der Waals surface area contributed by atoms with E-state index in [4.69, 9.17) is 16.3 Å². The summed E-state index contributed by atoms with van der Waals surface area (Å²) in [6.07, 6.45) is 0.764. The molecule has 0 bridgehead atoms. The highest BCUT2D eigenvalue weighted by molar-refractivity contribution is 7.94. The zero-order valence-electron chi connectivity index (χ0n) is 10.7. The van der Waals surface area contributed by atoms with Crippen molar-refractivity contribution in [3.63, 3.8) is 0 Å². The van der Waals surface area contributed by atoms with Crippen LogP contribution in [0.2, 0.25) is 5.02 Å². The van der Waals surface area contributed by atoms with Crippen molar-refractivity contribution < 1.29 is 22.7 Å². The van der Waals surface area contributed by atoms with E-state index >= 15 is 0 Å². The number of halogens is 1. The van der Waals surface area contributed by atoms with E-state index in [-0.39, 0.29) is 16.5 Å². The molecule has 3 amide bonds. The molecule has 1 aliphatic rings. The smallest absolute Gasteiger partial charge is 0.347 e. The first-order valence-corrected chi connectivity index (χ1v) is 7.50. The number of carbonyl (C=O) groups is 2. The number of hydrogen-bond acceptors (Lipinski definition) is 5. The van der Waals surface area contributed by atoms with Gasteiger partial charge in [-0.3, -0.25) is 14.8 Å². The summed E-state index contributed by atoms with van der Waals surface area (Å²) in [5, 5.41) is 0.466. The van der Waals surface area contributed by atoms with Crippen LogP contribution in [-0.2, 0) is 14.8 Å². The summed E-state index contributed by atoms with van der Waals surface area (Å²) in [6, 6.07) is 3.41. The SMILES string of the molecule is COc1ccc(Cl)cc1NS(=O)(=O)C1C=NC(=O)NC1=O. The highest BCUT2D eigenvalue weighted by Crippen LogP contribution is 2.29. The molecule has 2 rings (SSSR count). The van der Waals surface area contributed by atoms with E-state index in [9.17, 15) is 18.0 Å². The van der Waals surface area contributed by atoms with Gasteiger partial charge in [-0.05, 0) is 18.2 Å². The standard InChI is InChI=1S/C11H10ClN3O5S/c1-20-8-3-2-6(12)4-7(8)15-21(18,19)9-5-13-11(17)14-10(9)16/h2-5,9,15H,1H3,(H,14,16,17). The quantitative estimate of drug-likeness (QED) is 0.846. The molecule has 1 unspecified atom stereocenters. The summed E-state index contributed by atoms with van der Waals surface area (Å²) in [5.74, 6) is -0.754. The second-order valence-electron chi connectivity index (χ2n) is 3.98. The Hall–Kier alpha value is -2.13. The highest BCUT2D eigenvalue weighted by atomic mass is 35.5. The Bertz CT molecular complexity index is 731. The molecule has 8 nitrogen and oxygen atoms in total. The van der Waals surface area contributed by atoms with Crippen LogP contribution in [0.4, 0.5) is 10.5 Å². The van der Waals surface area contributed by atoms with Gasteiger partial charge >= 0.3 is 6.03 Å². The van der Waals surface area contributed by atoms with Crippen molar-refractivity contribution >= 4 is 45.5 Å². The number of urea groups is 1. The molecular formula is C11H10ClN3O5S. The van der Waals surface area contributed by atoms with Gasteiger partial charge in [0, 0.05) is 11.2 Å². The van der Waals surface area contributed by atoms with E-state index in [0.717, 1.165) is 6.21 Å². The lowest BCUT2D eigenvalue weighted by Gasteiger charge is -2.18. The van der Waals surface area contributed by atoms with Crippen LogP contribution in [0.1, 0.15) is 0 Å². The lowest BCUT2D eigenvalue weighted by atomic mass is 10.3. The first-order chi connectivity index (χ1) is 9.83. The minimum Gasteiger partial charge on any atom is -0.495 e. The minimum atomic E-state index is -4.16. The average Bonchev–Trinajstić information content (AvgIpc) is 2.37. The minimum absolute atomic E-state index is 0.0723. The van der Waals surface area contributed by atoms with Crippen molar-refractivity contribution in [3.8, 4) is 5.75 Å². The molecule has 0 fully saturated rings. The van der Waals surface area contributed by atoms with E-state index in [0.29, 0.717) is 0 Å². The largest absolute Gasteiger partial charge is 0.495 e. The number of hydrogen-bond donors (Lipinski definition) is 2. The molecule has 0 radical (unpaired) electrons. The van der Waals surface area contributed by atoms with Crippen LogP contribution in [0.25, 0.3) is 0 Å². The van der Waals surface area contributed by atoms with Gasteiger partial charge < -0.3 is 4.74 Å². The van der Waals surface area contributed by atoms with Crippen molar-refractivity contribution in [3.05, 3.63) is 23.2 Å². The fraction of sp³-hybridized carbons (Fsp3) is 0.182. The topological polar surface area (TPSA) is 114 Å². The van der Waals surface area contributed by atoms with Crippen molar-refractivity contribution in [1.29, 1.82) is 0 Å². The molecule has 0 spiro atoms. The van der Waals surface area contributed by atoms with Crippen molar-refractivity contribution in [2.75, 3.05) is 11.8 Å². The first-order valence-electron chi connectivity index (χ1n) is 5.57. The summed E-state index contributed by atoms with van der Waals surface area (Å²) in [5.41, 5.74) is 0.0723. The van der Waals surface area contributed by atoms with E-state index in [1.807, 2.05) is 5.32 Å². The van der Waals surface area contributed by atoms with Gasteiger partial charge in [-0.25, -0.2) is 18.2 Å². The van der Waals surface area contributed by atoms with Crippen molar-refractivity contribution in [2.45, 2.75) is 5.25 Å². The number of nitrogens with zero attached hydrogens (tertiary/aromatic N) is 1. The Kier molecular flexibility index (Phi) is 4.14. The molecule has 10 heteroatoms. The molecule has 0 aliphatic carbocycles. The van der Waals surface area contributed by atoms with Crippen LogP contribution in [0.5, 0.6) is 5.75 Å². The van der Waals surface area contributed by atoms with Crippen LogP contribution in [-0.4, -0.2) is 38.9 Å². The van der Waals surface area contributed by atoms with E-state index in [2.05, 4.69) is 9.71 Å². The molecule has 0 saturated carbocycles. The maximum absolute atomic E-state index is 12.2. The fourth-order valence-corrected chi connectivity index (χ4v) is 2.94. The fourth-order valence-electron chi connectivity index (χ4n) is 1.61. The molecule has 0 saturated heterocycles. The Morgan fingerprint density at radius 1 is 1.38 bits per heavy atom. The molecule has 1 aliphatic heterocycles. The van der Waals surface area contributed by atoms with E-state index < -0.39 is 27.2 Å². The summed E-state index contributed by atoms with van der Waals surface area (Å²) in [6.45, 7) is 0. The van der Waals surface area contributed by atoms with Gasteiger partial charge in [0.1, 0.15) is 5.75 Å². The first kappa shape index (κ1) is 15.3. The van der Waals surface area contributed by atoms with Crippen molar-refractivity contribution in [1.82, 2.24) is 5.32 Å². The maximum Gasteiger partial charge on any atom is 0.347 e. The van der Waals surface area contributed by atoms with Crippen LogP contribution in [0.3, 0.4) is 0 Å². The number of rotatable bonds is 4. The molecule has 2 N–H and O–H groups in total. The summed E-state index contributed by atoms with van der Waals surface area (Å²) >= 11 is 5.80. The number of ether oxygens (including phenoxy) is 1. The number of methoxy groups -OCH3 is 1. The van der Waals surface area contributed by atoms with Crippen molar-refractivity contribution in [2.24, 2.45) is 4.99 Å². The van der Waals surface area contributed by atoms with Gasteiger partial charge in [0.15, 0.2) is 5.25 Å². The molecule has 21 heavy (non-hydrogen) atoms. The molecular weight excluding hydrogens is 322 g/mol. The normalized spacial score (nSPS) is 18.3. The monoisotopic (exact) mass is 331 g/mol. The number of sulfonamides is 1. The number of imide groups is 1. The molecule has 112 valence electrons. The molecule has 0 aromatic heterocycles. The van der Waals surface area contributed by atoms with E-state index in [1.54, 1.807) is 0 Å². The number of carbonyl (C=O) groups excluding carboxylic acids is 2. The Labute approximate surface area is 125 Å². The van der Waals surface area contributed by atoms with Crippen LogP contribution in [0.15, 0.2) is 23.2 Å². The Morgan fingerprint density at radius 3 is 2.71 bits per heavy atom. The third-order valence-corrected chi connectivity index (χ3v) is 4.31. The van der Waals surface area contributed by atoms with Crippen LogP contribution < -0.4 is 14.8 Å². The number of nitrogens with one attached hydrogen (secondary N) is 2. The number of aliphatic imine (C=N–C) groups is 1. The van der Waals surface area contributed by atoms with Gasteiger partial charge in [-0.2, -0.15) is 0 Å². The Morgan fingerprint density at radius 2 is 2.10 bits per heavy atom. The van der Waals surface area contributed by atoms with Crippen LogP contribution in [0, 0.1) is 0 Å². The molecule has 1 aromatic rings. The highest BCUT2D eigenvalue weighted by Gasteiger charge is 2.35. The number of benzene rings is 1. The maximum atomic E-state index is 12.2. The number of amides is 3. The van der Waals surface area contributed by atoms with Gasteiger partial charge in [-0.15, -0.1) is 0 Å². The zero-order valence-corrected chi connectivity index (χ0v) is 12.2. The van der Waals surface area contributed by atoms with Crippen LogP contribution >= 0.6 is 11.6 Å². The Balaban J connectivity index is 2.34. The molecule has 1 atom stereocenters. The molecule has 1 heterocycles.